The lowest BCUT2D eigenvalue weighted by Crippen LogP contribution is -2.45. The normalized spacial score (nSPS) is 17.0. The summed E-state index contributed by atoms with van der Waals surface area (Å²) in [5.74, 6) is -0.213. The van der Waals surface area contributed by atoms with Crippen LogP contribution < -0.4 is 10.2 Å². The molecule has 3 nitrogen and oxygen atoms in total. The van der Waals surface area contributed by atoms with Crippen LogP contribution in [0.3, 0.4) is 0 Å². The molecular weight excluding hydrogens is 265 g/mol. The van der Waals surface area contributed by atoms with Crippen molar-refractivity contribution in [3.63, 3.8) is 0 Å². The smallest absolute Gasteiger partial charge is 0.125 e. The second-order valence-electron chi connectivity index (χ2n) is 5.97. The lowest BCUT2D eigenvalue weighted by molar-refractivity contribution is 0.362. The van der Waals surface area contributed by atoms with Gasteiger partial charge in [0, 0.05) is 25.3 Å². The molecule has 1 aromatic carbocycles. The highest BCUT2D eigenvalue weighted by Gasteiger charge is 2.34. The lowest BCUT2D eigenvalue weighted by atomic mass is 9.91. The average molecular weight is 289 g/mol. The van der Waals surface area contributed by atoms with Gasteiger partial charge in [0.05, 0.1) is 6.07 Å². The van der Waals surface area contributed by atoms with Crippen LogP contribution in [-0.4, -0.2) is 25.2 Å². The fourth-order valence-corrected chi connectivity index (χ4v) is 2.60. The van der Waals surface area contributed by atoms with Gasteiger partial charge in [0.1, 0.15) is 11.4 Å². The molecule has 4 heteroatoms. The maximum Gasteiger partial charge on any atom is 0.125 e. The predicted octanol–water partition coefficient (Wildman–Crippen LogP) is 3.47. The zero-order chi connectivity index (χ0) is 15.3. The molecule has 0 heterocycles. The molecule has 1 saturated carbocycles. The number of hydrogen-bond donors (Lipinski definition) is 1. The number of hydrogen-bond acceptors (Lipinski definition) is 3. The van der Waals surface area contributed by atoms with Gasteiger partial charge < -0.3 is 4.90 Å². The number of anilines is 1. The van der Waals surface area contributed by atoms with Gasteiger partial charge in [-0.2, -0.15) is 5.26 Å². The molecule has 1 fully saturated rings. The largest absolute Gasteiger partial charge is 0.375 e. The van der Waals surface area contributed by atoms with Crippen molar-refractivity contribution in [1.29, 1.82) is 5.26 Å². The van der Waals surface area contributed by atoms with Gasteiger partial charge in [-0.15, -0.1) is 0 Å². The molecule has 1 aromatic rings. The van der Waals surface area contributed by atoms with E-state index in [2.05, 4.69) is 18.3 Å². The molecular formula is C17H24FN3. The Balaban J connectivity index is 1.85. The van der Waals surface area contributed by atoms with E-state index in [1.165, 1.54) is 18.9 Å². The third-order valence-electron chi connectivity index (χ3n) is 4.22. The summed E-state index contributed by atoms with van der Waals surface area (Å²) in [4.78, 5) is 2.04. The van der Waals surface area contributed by atoms with Crippen LogP contribution in [0, 0.1) is 17.1 Å². The molecule has 2 rings (SSSR count). The van der Waals surface area contributed by atoms with Gasteiger partial charge in [0.15, 0.2) is 0 Å². The van der Waals surface area contributed by atoms with Crippen molar-refractivity contribution >= 4 is 5.69 Å². The van der Waals surface area contributed by atoms with Crippen molar-refractivity contribution in [1.82, 2.24) is 5.32 Å². The van der Waals surface area contributed by atoms with E-state index in [4.69, 9.17) is 0 Å². The molecule has 1 atom stereocenters. The Morgan fingerprint density at radius 2 is 2.24 bits per heavy atom. The highest BCUT2D eigenvalue weighted by Crippen LogP contribution is 2.27. The molecule has 0 aromatic heterocycles. The third kappa shape index (κ3) is 4.44. The minimum Gasteiger partial charge on any atom is -0.375 e. The summed E-state index contributed by atoms with van der Waals surface area (Å²) in [6.07, 6.45) is 4.94. The Hall–Kier alpha value is -1.60. The van der Waals surface area contributed by atoms with Crippen LogP contribution in [0.15, 0.2) is 24.3 Å². The maximum atomic E-state index is 13.2. The Kier molecular flexibility index (Phi) is 5.19. The van der Waals surface area contributed by atoms with Gasteiger partial charge in [0.25, 0.3) is 0 Å². The summed E-state index contributed by atoms with van der Waals surface area (Å²) in [7, 11) is 1.96. The molecule has 1 unspecified atom stereocenters. The second kappa shape index (κ2) is 6.91. The van der Waals surface area contributed by atoms with Crippen molar-refractivity contribution in [2.24, 2.45) is 0 Å². The minimum absolute atomic E-state index is 0.213. The zero-order valence-electron chi connectivity index (χ0n) is 12.9. The van der Waals surface area contributed by atoms with Gasteiger partial charge in [-0.25, -0.2) is 4.39 Å². The summed E-state index contributed by atoms with van der Waals surface area (Å²) >= 11 is 0. The molecule has 0 saturated heterocycles. The fraction of sp³-hybridized carbons (Fsp3) is 0.588. The summed E-state index contributed by atoms with van der Waals surface area (Å²) in [6.45, 7) is 2.88. The topological polar surface area (TPSA) is 39.1 Å². The Morgan fingerprint density at radius 1 is 1.48 bits per heavy atom. The van der Waals surface area contributed by atoms with Gasteiger partial charge in [0.2, 0.25) is 0 Å². The molecule has 1 aliphatic rings. The van der Waals surface area contributed by atoms with E-state index >= 15 is 0 Å². The lowest BCUT2D eigenvalue weighted by Gasteiger charge is -2.28. The fourth-order valence-electron chi connectivity index (χ4n) is 2.60. The average Bonchev–Trinajstić information content (AvgIpc) is 3.30. The van der Waals surface area contributed by atoms with Crippen LogP contribution in [0.1, 0.15) is 39.0 Å². The molecule has 0 amide bonds. The monoisotopic (exact) mass is 289 g/mol. The van der Waals surface area contributed by atoms with Gasteiger partial charge in [-0.05, 0) is 50.3 Å². The van der Waals surface area contributed by atoms with Crippen LogP contribution in [-0.2, 0) is 0 Å². The molecule has 0 aliphatic heterocycles. The van der Waals surface area contributed by atoms with Crippen molar-refractivity contribution < 1.29 is 4.39 Å². The molecule has 21 heavy (non-hydrogen) atoms. The van der Waals surface area contributed by atoms with E-state index in [-0.39, 0.29) is 5.82 Å². The van der Waals surface area contributed by atoms with E-state index in [1.807, 2.05) is 18.0 Å². The quantitative estimate of drug-likeness (QED) is 0.796. The minimum atomic E-state index is -0.399. The molecule has 0 radical (unpaired) electrons. The summed E-state index contributed by atoms with van der Waals surface area (Å²) in [5.41, 5.74) is 0.480. The van der Waals surface area contributed by atoms with E-state index in [1.54, 1.807) is 12.1 Å². The highest BCUT2D eigenvalue weighted by atomic mass is 19.1. The summed E-state index contributed by atoms with van der Waals surface area (Å²) in [6, 6.07) is 9.63. The SMILES string of the molecule is CCC(C#N)(CCCN(C)c1cccc(F)c1)NC1CC1. The van der Waals surface area contributed by atoms with Crippen LogP contribution in [0.2, 0.25) is 0 Å². The maximum absolute atomic E-state index is 13.2. The van der Waals surface area contributed by atoms with E-state index < -0.39 is 5.54 Å². The van der Waals surface area contributed by atoms with E-state index in [9.17, 15) is 9.65 Å². The first-order valence-corrected chi connectivity index (χ1v) is 7.74. The van der Waals surface area contributed by atoms with Gasteiger partial charge >= 0.3 is 0 Å². The van der Waals surface area contributed by atoms with Crippen LogP contribution in [0.25, 0.3) is 0 Å². The van der Waals surface area contributed by atoms with Crippen LogP contribution in [0.5, 0.6) is 0 Å². The molecule has 1 aliphatic carbocycles. The summed E-state index contributed by atoms with van der Waals surface area (Å²) in [5, 5.41) is 13.0. The number of halogens is 1. The molecule has 114 valence electrons. The van der Waals surface area contributed by atoms with Crippen molar-refractivity contribution in [2.75, 3.05) is 18.5 Å². The van der Waals surface area contributed by atoms with Gasteiger partial charge in [-0.1, -0.05) is 13.0 Å². The Bertz CT molecular complexity index is 507. The van der Waals surface area contributed by atoms with Gasteiger partial charge in [-0.3, -0.25) is 5.32 Å². The standard InChI is InChI=1S/C17H24FN3/c1-3-17(13-19,20-15-8-9-15)10-5-11-21(2)16-7-4-6-14(18)12-16/h4,6-7,12,15,20H,3,5,8-11H2,1-2H3. The van der Waals surface area contributed by atoms with Crippen LogP contribution >= 0.6 is 0 Å². The highest BCUT2D eigenvalue weighted by molar-refractivity contribution is 5.45. The first-order chi connectivity index (χ1) is 10.1. The first-order valence-electron chi connectivity index (χ1n) is 7.74. The van der Waals surface area contributed by atoms with Crippen molar-refractivity contribution in [2.45, 2.75) is 50.6 Å². The number of nitrogens with zero attached hydrogens (tertiary/aromatic N) is 2. The number of benzene rings is 1. The molecule has 0 spiro atoms. The number of nitrogens with one attached hydrogen (secondary N) is 1. The predicted molar refractivity (Wildman–Crippen MR) is 83.7 cm³/mol. The Morgan fingerprint density at radius 3 is 2.81 bits per heavy atom. The van der Waals surface area contributed by atoms with Crippen molar-refractivity contribution in [3.05, 3.63) is 30.1 Å². The Labute approximate surface area is 126 Å². The van der Waals surface area contributed by atoms with Crippen molar-refractivity contribution in [3.8, 4) is 6.07 Å². The second-order valence-corrected chi connectivity index (χ2v) is 5.97. The molecule has 1 N–H and O–H groups in total. The number of rotatable bonds is 8. The van der Waals surface area contributed by atoms with E-state index in [0.717, 1.165) is 31.5 Å². The summed E-state index contributed by atoms with van der Waals surface area (Å²) < 4.78 is 13.2. The number of nitriles is 1. The zero-order valence-corrected chi connectivity index (χ0v) is 12.9. The van der Waals surface area contributed by atoms with E-state index in [0.29, 0.717) is 6.04 Å². The van der Waals surface area contributed by atoms with Crippen LogP contribution in [0.4, 0.5) is 10.1 Å². The third-order valence-corrected chi connectivity index (χ3v) is 4.22. The molecule has 0 bridgehead atoms. The first kappa shape index (κ1) is 15.8.